The molecule has 0 bridgehead atoms. The third-order valence-corrected chi connectivity index (χ3v) is 4.03. The number of nitrogens with two attached hydrogens (primary N) is 1. The number of rotatable bonds is 5. The second-order valence-corrected chi connectivity index (χ2v) is 5.83. The van der Waals surface area contributed by atoms with Crippen LogP contribution in [0.4, 0.5) is 5.69 Å². The molecule has 1 amide bonds. The van der Waals surface area contributed by atoms with Crippen LogP contribution in [0.2, 0.25) is 0 Å². The van der Waals surface area contributed by atoms with Crippen molar-refractivity contribution in [3.63, 3.8) is 0 Å². The molecule has 0 spiro atoms. The topological polar surface area (TPSA) is 58.4 Å². The molecular formula is C17H25N3O. The van der Waals surface area contributed by atoms with Gasteiger partial charge in [-0.15, -0.1) is 0 Å². The van der Waals surface area contributed by atoms with Crippen molar-refractivity contribution in [2.24, 2.45) is 5.92 Å². The molecule has 114 valence electrons. The third-order valence-electron chi connectivity index (χ3n) is 4.03. The zero-order valence-corrected chi connectivity index (χ0v) is 12.7. The molecule has 1 fully saturated rings. The van der Waals surface area contributed by atoms with Crippen molar-refractivity contribution in [2.75, 3.05) is 32.4 Å². The summed E-state index contributed by atoms with van der Waals surface area (Å²) in [6.07, 6.45) is 6.92. The Bertz CT molecular complexity index is 491. The van der Waals surface area contributed by atoms with Crippen LogP contribution in [0.25, 0.3) is 6.08 Å². The van der Waals surface area contributed by atoms with Gasteiger partial charge in [-0.25, -0.2) is 0 Å². The predicted molar refractivity (Wildman–Crippen MR) is 87.7 cm³/mol. The first kappa shape index (κ1) is 15.6. The second kappa shape index (κ2) is 7.84. The summed E-state index contributed by atoms with van der Waals surface area (Å²) in [6, 6.07) is 7.49. The average Bonchev–Trinajstić information content (AvgIpc) is 2.47. The maximum atomic E-state index is 11.8. The fraction of sp³-hybridized carbons (Fsp3) is 0.471. The normalized spacial score (nSPS) is 17.2. The number of carbonyl (C=O) groups is 1. The van der Waals surface area contributed by atoms with Gasteiger partial charge in [-0.2, -0.15) is 0 Å². The van der Waals surface area contributed by atoms with Crippen molar-refractivity contribution in [3.05, 3.63) is 35.9 Å². The Morgan fingerprint density at radius 1 is 1.43 bits per heavy atom. The molecule has 21 heavy (non-hydrogen) atoms. The minimum atomic E-state index is -0.0367. The lowest BCUT2D eigenvalue weighted by molar-refractivity contribution is -0.116. The van der Waals surface area contributed by atoms with Gasteiger partial charge < -0.3 is 16.0 Å². The zero-order valence-electron chi connectivity index (χ0n) is 12.7. The number of piperidine rings is 1. The SMILES string of the molecule is CN1CCC(CCNC(=O)/C=C/c2cccc(N)c2)CC1. The van der Waals surface area contributed by atoms with Crippen LogP contribution in [0.15, 0.2) is 30.3 Å². The number of nitrogens with zero attached hydrogens (tertiary/aromatic N) is 1. The summed E-state index contributed by atoms with van der Waals surface area (Å²) in [4.78, 5) is 14.1. The molecule has 4 heteroatoms. The number of carbonyl (C=O) groups excluding carboxylic acids is 1. The summed E-state index contributed by atoms with van der Waals surface area (Å²) >= 11 is 0. The zero-order chi connectivity index (χ0) is 15.1. The number of nitrogens with one attached hydrogen (secondary N) is 1. The number of likely N-dealkylation sites (tertiary alicyclic amines) is 1. The Labute approximate surface area is 127 Å². The van der Waals surface area contributed by atoms with E-state index in [4.69, 9.17) is 5.73 Å². The van der Waals surface area contributed by atoms with E-state index in [1.54, 1.807) is 12.2 Å². The molecule has 1 saturated heterocycles. The highest BCUT2D eigenvalue weighted by Gasteiger charge is 2.15. The van der Waals surface area contributed by atoms with Gasteiger partial charge in [-0.3, -0.25) is 4.79 Å². The molecule has 1 aromatic rings. The lowest BCUT2D eigenvalue weighted by Crippen LogP contribution is -2.32. The summed E-state index contributed by atoms with van der Waals surface area (Å²) in [5.41, 5.74) is 7.35. The molecule has 0 unspecified atom stereocenters. The van der Waals surface area contributed by atoms with Crippen LogP contribution in [0.5, 0.6) is 0 Å². The van der Waals surface area contributed by atoms with Gasteiger partial charge in [0.2, 0.25) is 5.91 Å². The van der Waals surface area contributed by atoms with Gasteiger partial charge in [0.1, 0.15) is 0 Å². The minimum absolute atomic E-state index is 0.0367. The second-order valence-electron chi connectivity index (χ2n) is 5.83. The molecule has 1 heterocycles. The summed E-state index contributed by atoms with van der Waals surface area (Å²) in [5.74, 6) is 0.713. The van der Waals surface area contributed by atoms with E-state index in [1.807, 2.05) is 24.3 Å². The maximum Gasteiger partial charge on any atom is 0.243 e. The van der Waals surface area contributed by atoms with E-state index in [-0.39, 0.29) is 5.91 Å². The number of hydrogen-bond acceptors (Lipinski definition) is 3. The Morgan fingerprint density at radius 2 is 2.19 bits per heavy atom. The van der Waals surface area contributed by atoms with Crippen molar-refractivity contribution < 1.29 is 4.79 Å². The maximum absolute atomic E-state index is 11.8. The Kier molecular flexibility index (Phi) is 5.81. The number of amides is 1. The van der Waals surface area contributed by atoms with Crippen molar-refractivity contribution in [3.8, 4) is 0 Å². The molecule has 0 saturated carbocycles. The van der Waals surface area contributed by atoms with Gasteiger partial charge >= 0.3 is 0 Å². The van der Waals surface area contributed by atoms with Gasteiger partial charge in [0, 0.05) is 18.3 Å². The molecule has 0 aliphatic carbocycles. The van der Waals surface area contributed by atoms with Gasteiger partial charge in [0.25, 0.3) is 0 Å². The molecule has 1 aliphatic heterocycles. The number of anilines is 1. The predicted octanol–water partition coefficient (Wildman–Crippen LogP) is 2.13. The fourth-order valence-corrected chi connectivity index (χ4v) is 2.64. The van der Waals surface area contributed by atoms with Crippen LogP contribution in [0, 0.1) is 5.92 Å². The number of benzene rings is 1. The molecule has 3 N–H and O–H groups in total. The Morgan fingerprint density at radius 3 is 2.90 bits per heavy atom. The van der Waals surface area contributed by atoms with Crippen LogP contribution >= 0.6 is 0 Å². The standard InChI is InChI=1S/C17H25N3O/c1-20-11-8-14(9-12-20)7-10-19-17(21)6-5-15-3-2-4-16(18)13-15/h2-6,13-14H,7-12,18H2,1H3,(H,19,21)/b6-5+. The van der Waals surface area contributed by atoms with E-state index in [2.05, 4.69) is 17.3 Å². The molecule has 1 aliphatic rings. The van der Waals surface area contributed by atoms with Crippen LogP contribution in [-0.4, -0.2) is 37.5 Å². The summed E-state index contributed by atoms with van der Waals surface area (Å²) in [7, 11) is 2.17. The average molecular weight is 287 g/mol. The highest BCUT2D eigenvalue weighted by Crippen LogP contribution is 2.18. The monoisotopic (exact) mass is 287 g/mol. The molecular weight excluding hydrogens is 262 g/mol. The lowest BCUT2D eigenvalue weighted by atomic mass is 9.94. The largest absolute Gasteiger partial charge is 0.399 e. The van der Waals surface area contributed by atoms with Gasteiger partial charge in [-0.05, 0) is 69.1 Å². The summed E-state index contributed by atoms with van der Waals surface area (Å²) in [5, 5.41) is 2.96. The van der Waals surface area contributed by atoms with E-state index in [9.17, 15) is 4.79 Å². The quantitative estimate of drug-likeness (QED) is 0.644. The van der Waals surface area contributed by atoms with Crippen LogP contribution < -0.4 is 11.1 Å². The van der Waals surface area contributed by atoms with Crippen LogP contribution in [0.1, 0.15) is 24.8 Å². The first-order valence-electron chi connectivity index (χ1n) is 7.63. The van der Waals surface area contributed by atoms with Crippen LogP contribution in [-0.2, 0) is 4.79 Å². The van der Waals surface area contributed by atoms with Crippen molar-refractivity contribution >= 4 is 17.7 Å². The number of hydrogen-bond donors (Lipinski definition) is 2. The first-order chi connectivity index (χ1) is 10.1. The molecule has 1 aromatic carbocycles. The summed E-state index contributed by atoms with van der Waals surface area (Å²) < 4.78 is 0. The van der Waals surface area contributed by atoms with E-state index in [0.29, 0.717) is 5.69 Å². The van der Waals surface area contributed by atoms with Crippen LogP contribution in [0.3, 0.4) is 0 Å². The molecule has 0 aromatic heterocycles. The summed E-state index contributed by atoms with van der Waals surface area (Å²) in [6.45, 7) is 3.11. The van der Waals surface area contributed by atoms with Crippen molar-refractivity contribution in [1.82, 2.24) is 10.2 Å². The van der Waals surface area contributed by atoms with E-state index >= 15 is 0 Å². The Balaban J connectivity index is 1.68. The fourth-order valence-electron chi connectivity index (χ4n) is 2.64. The number of nitrogen functional groups attached to an aromatic ring is 1. The molecule has 0 atom stereocenters. The Hall–Kier alpha value is -1.81. The van der Waals surface area contributed by atoms with Gasteiger partial charge in [0.15, 0.2) is 0 Å². The molecule has 2 rings (SSSR count). The lowest BCUT2D eigenvalue weighted by Gasteiger charge is -2.28. The molecule has 4 nitrogen and oxygen atoms in total. The highest BCUT2D eigenvalue weighted by atomic mass is 16.1. The van der Waals surface area contributed by atoms with Crippen molar-refractivity contribution in [1.29, 1.82) is 0 Å². The highest BCUT2D eigenvalue weighted by molar-refractivity contribution is 5.91. The van der Waals surface area contributed by atoms with E-state index < -0.39 is 0 Å². The third kappa shape index (κ3) is 5.60. The van der Waals surface area contributed by atoms with E-state index in [0.717, 1.165) is 24.4 Å². The van der Waals surface area contributed by atoms with Crippen molar-refractivity contribution in [2.45, 2.75) is 19.3 Å². The minimum Gasteiger partial charge on any atom is -0.399 e. The van der Waals surface area contributed by atoms with E-state index in [1.165, 1.54) is 25.9 Å². The first-order valence-corrected chi connectivity index (χ1v) is 7.63. The van der Waals surface area contributed by atoms with Gasteiger partial charge in [-0.1, -0.05) is 12.1 Å². The van der Waals surface area contributed by atoms with Gasteiger partial charge in [0.05, 0.1) is 0 Å². The smallest absolute Gasteiger partial charge is 0.243 e. The molecule has 0 radical (unpaired) electrons.